The summed E-state index contributed by atoms with van der Waals surface area (Å²) in [5.41, 5.74) is -1.19. The lowest BCUT2D eigenvalue weighted by Gasteiger charge is -2.33. The summed E-state index contributed by atoms with van der Waals surface area (Å²) < 4.78 is 46.2. The van der Waals surface area contributed by atoms with Gasteiger partial charge in [0.1, 0.15) is 34.6 Å². The third-order valence-corrected chi connectivity index (χ3v) is 14.0. The van der Waals surface area contributed by atoms with Crippen LogP contribution in [0.15, 0.2) is 36.4 Å². The predicted molar refractivity (Wildman–Crippen MR) is 289 cm³/mol. The Morgan fingerprint density at radius 2 is 1.37 bits per heavy atom. The number of anilines is 1. The van der Waals surface area contributed by atoms with Gasteiger partial charge in [-0.25, -0.2) is 13.2 Å². The van der Waals surface area contributed by atoms with Crippen LogP contribution in [0.5, 0.6) is 0 Å². The average Bonchev–Trinajstić information content (AvgIpc) is 3.66. The predicted octanol–water partition coefficient (Wildman–Crippen LogP) is 4.96. The number of sulfone groups is 1. The van der Waals surface area contributed by atoms with Crippen LogP contribution in [0.4, 0.5) is 10.5 Å². The van der Waals surface area contributed by atoms with E-state index in [2.05, 4.69) is 26.6 Å². The minimum absolute atomic E-state index is 0.000810. The van der Waals surface area contributed by atoms with Crippen LogP contribution in [0.1, 0.15) is 140 Å². The van der Waals surface area contributed by atoms with Crippen molar-refractivity contribution >= 4 is 63.0 Å². The van der Waals surface area contributed by atoms with E-state index in [9.17, 15) is 46.8 Å². The molecule has 1 aromatic rings. The molecule has 1 unspecified atom stereocenters. The zero-order valence-electron chi connectivity index (χ0n) is 47.4. The van der Waals surface area contributed by atoms with Gasteiger partial charge in [0.2, 0.25) is 29.5 Å². The maximum atomic E-state index is 14.2. The highest BCUT2D eigenvalue weighted by atomic mass is 32.2. The van der Waals surface area contributed by atoms with E-state index in [1.165, 1.54) is 24.0 Å². The molecule has 0 aliphatic carbocycles. The van der Waals surface area contributed by atoms with Crippen LogP contribution in [0.25, 0.3) is 0 Å². The molecule has 5 N–H and O–H groups in total. The fourth-order valence-corrected chi connectivity index (χ4v) is 8.07. The van der Waals surface area contributed by atoms with Crippen LogP contribution in [-0.2, 0) is 69.0 Å². The minimum Gasteiger partial charge on any atom is -0.445 e. The number of hydrogen-bond donors (Lipinski definition) is 5. The Balaban J connectivity index is 2.11. The molecule has 0 bridgehead atoms. The molecule has 0 radical (unpaired) electrons. The molecule has 1 aliphatic rings. The van der Waals surface area contributed by atoms with E-state index in [1.54, 1.807) is 52.0 Å². The van der Waals surface area contributed by atoms with Gasteiger partial charge in [-0.3, -0.25) is 38.5 Å². The van der Waals surface area contributed by atoms with Gasteiger partial charge in [-0.15, -0.1) is 0 Å². The van der Waals surface area contributed by atoms with Gasteiger partial charge in [0.05, 0.1) is 29.7 Å². The summed E-state index contributed by atoms with van der Waals surface area (Å²) in [5.74, 6) is -3.78. The van der Waals surface area contributed by atoms with E-state index in [0.717, 1.165) is 11.2 Å². The lowest BCUT2D eigenvalue weighted by atomic mass is 9.82. The average molecular weight is 1090 g/mol. The Kier molecular flexibility index (Phi) is 27.8. The second-order valence-corrected chi connectivity index (χ2v) is 23.8. The first-order valence-corrected chi connectivity index (χ1v) is 28.6. The van der Waals surface area contributed by atoms with Gasteiger partial charge in [0.15, 0.2) is 0 Å². The van der Waals surface area contributed by atoms with Crippen molar-refractivity contribution < 1.29 is 65.7 Å². The van der Waals surface area contributed by atoms with Crippen molar-refractivity contribution in [2.24, 2.45) is 11.3 Å². The van der Waals surface area contributed by atoms with E-state index in [0.29, 0.717) is 56.5 Å². The van der Waals surface area contributed by atoms with Crippen LogP contribution in [0, 0.1) is 11.3 Å². The molecule has 4 atom stereocenters. The van der Waals surface area contributed by atoms with Crippen LogP contribution >= 0.6 is 0 Å². The molecule has 2 rings (SSSR count). The van der Waals surface area contributed by atoms with E-state index in [1.807, 2.05) is 48.5 Å². The topological polar surface area (TPSA) is 274 Å². The molecule has 0 aromatic heterocycles. The van der Waals surface area contributed by atoms with Gasteiger partial charge in [-0.1, -0.05) is 39.8 Å². The number of hydrogen-bond acceptors (Lipinski definition) is 14. The first-order valence-electron chi connectivity index (χ1n) is 26.5. The SMILES string of the molecule is CCN(CCS(C)(=O)=O)C(=O)OCc1ccc(NC(=O)[C@H](C)NC(=O)[C@@H](NC(=O)[C@H](CCCCNC(=O)CCOC(C)(C)CCOC(C)C)NC(=O)C(C)(CC)CCOC(C)(C)CCN2C(=O)C=CC2=O)C(C)C)cc1. The molecule has 1 aromatic carbocycles. The van der Waals surface area contributed by atoms with Crippen LogP contribution in [-0.4, -0.2) is 159 Å². The summed E-state index contributed by atoms with van der Waals surface area (Å²) in [5, 5.41) is 14.1. The van der Waals surface area contributed by atoms with E-state index >= 15 is 0 Å². The van der Waals surface area contributed by atoms with E-state index < -0.39 is 80.2 Å². The van der Waals surface area contributed by atoms with Crippen molar-refractivity contribution in [3.63, 3.8) is 0 Å². The highest BCUT2D eigenvalue weighted by Gasteiger charge is 2.37. The molecule has 22 heteroatoms. The molecule has 0 saturated carbocycles. The molecule has 430 valence electrons. The number of rotatable bonds is 36. The maximum Gasteiger partial charge on any atom is 0.410 e. The minimum atomic E-state index is -3.27. The highest BCUT2D eigenvalue weighted by Crippen LogP contribution is 2.29. The van der Waals surface area contributed by atoms with Gasteiger partial charge < -0.3 is 50.4 Å². The molecule has 8 amide bonds. The molecular formula is C54H89N7O14S. The van der Waals surface area contributed by atoms with Crippen LogP contribution in [0.2, 0.25) is 0 Å². The van der Waals surface area contributed by atoms with Crippen molar-refractivity contribution in [3.8, 4) is 0 Å². The second-order valence-electron chi connectivity index (χ2n) is 21.5. The number of benzene rings is 1. The van der Waals surface area contributed by atoms with Crippen molar-refractivity contribution in [1.29, 1.82) is 0 Å². The van der Waals surface area contributed by atoms with Gasteiger partial charge in [-0.05, 0) is 124 Å². The van der Waals surface area contributed by atoms with Crippen molar-refractivity contribution in [2.45, 2.75) is 176 Å². The summed E-state index contributed by atoms with van der Waals surface area (Å²) in [6.45, 7) is 23.4. The van der Waals surface area contributed by atoms with Crippen LogP contribution < -0.4 is 26.6 Å². The van der Waals surface area contributed by atoms with Gasteiger partial charge in [0.25, 0.3) is 11.8 Å². The lowest BCUT2D eigenvalue weighted by Crippen LogP contribution is -2.58. The number of unbranched alkanes of at least 4 members (excludes halogenated alkanes) is 1. The third kappa shape index (κ3) is 25.1. The molecule has 1 aliphatic heterocycles. The maximum absolute atomic E-state index is 14.2. The summed E-state index contributed by atoms with van der Waals surface area (Å²) >= 11 is 0. The molecule has 0 spiro atoms. The van der Waals surface area contributed by atoms with Gasteiger partial charge in [0, 0.05) is 75.3 Å². The fraction of sp³-hybridized carbons (Fsp3) is 0.704. The molecule has 1 heterocycles. The Morgan fingerprint density at radius 3 is 1.95 bits per heavy atom. The molecule has 76 heavy (non-hydrogen) atoms. The van der Waals surface area contributed by atoms with Crippen molar-refractivity contribution in [3.05, 3.63) is 42.0 Å². The number of nitrogens with zero attached hydrogens (tertiary/aromatic N) is 2. The zero-order chi connectivity index (χ0) is 57.4. The normalized spacial score (nSPS) is 15.0. The number of nitrogens with one attached hydrogen (secondary N) is 5. The number of imide groups is 1. The molecule has 21 nitrogen and oxygen atoms in total. The first kappa shape index (κ1) is 66.7. The summed E-state index contributed by atoms with van der Waals surface area (Å²) in [6, 6.07) is 3.23. The number of amides is 8. The van der Waals surface area contributed by atoms with Crippen LogP contribution in [0.3, 0.4) is 0 Å². The Labute approximate surface area is 451 Å². The lowest BCUT2D eigenvalue weighted by molar-refractivity contribution is -0.139. The number of ether oxygens (including phenoxy) is 4. The Bertz CT molecular complexity index is 2220. The number of carbonyl (C=O) groups excluding carboxylic acids is 8. The summed E-state index contributed by atoms with van der Waals surface area (Å²) in [7, 11) is -3.27. The van der Waals surface area contributed by atoms with Gasteiger partial charge in [-0.2, -0.15) is 0 Å². The second kappa shape index (κ2) is 31.7. The Hall–Kier alpha value is -5.45. The first-order chi connectivity index (χ1) is 35.4. The molecule has 0 fully saturated rings. The largest absolute Gasteiger partial charge is 0.445 e. The van der Waals surface area contributed by atoms with E-state index in [4.69, 9.17) is 18.9 Å². The zero-order valence-corrected chi connectivity index (χ0v) is 48.2. The van der Waals surface area contributed by atoms with Gasteiger partial charge >= 0.3 is 6.09 Å². The van der Waals surface area contributed by atoms with Crippen molar-refractivity contribution in [1.82, 2.24) is 31.1 Å². The fourth-order valence-electron chi connectivity index (χ4n) is 7.51. The molecular weight excluding hydrogens is 1000 g/mol. The quantitative estimate of drug-likeness (QED) is 0.0439. The third-order valence-electron chi connectivity index (χ3n) is 13.1. The smallest absolute Gasteiger partial charge is 0.410 e. The standard InChI is InChI=1S/C54H89N7O14S/c1-14-54(12,28-34-75-52(8,9)26-30-61-44(63)23-24-45(61)64)50(68)58-42(18-16-17-29-55-43(62)25-32-74-53(10,11)27-33-72-38(5)6)48(66)59-46(37(3)4)49(67)56-39(7)47(65)57-41-21-19-40(20-22-41)36-73-51(69)60(15-2)31-35-76(13,70)71/h19-24,37-39,42,46H,14-18,25-36H2,1-13H3,(H,55,62)(H,56,67)(H,57,65)(H,58,68)(H,59,66)/t39-,42-,46-,54?/m0/s1. The number of carbonyl (C=O) groups is 8. The Morgan fingerprint density at radius 1 is 0.750 bits per heavy atom. The summed E-state index contributed by atoms with van der Waals surface area (Å²) in [4.78, 5) is 107. The van der Waals surface area contributed by atoms with E-state index in [-0.39, 0.29) is 88.3 Å². The monoisotopic (exact) mass is 1090 g/mol. The molecule has 0 saturated heterocycles. The van der Waals surface area contributed by atoms with Crippen molar-refractivity contribution in [2.75, 3.05) is 63.3 Å². The summed E-state index contributed by atoms with van der Waals surface area (Å²) in [6.07, 6.45) is 5.94. The highest BCUT2D eigenvalue weighted by molar-refractivity contribution is 7.90.